The maximum atomic E-state index is 13.0. The number of aromatic nitrogens is 3. The van der Waals surface area contributed by atoms with Crippen molar-refractivity contribution in [2.24, 2.45) is 0 Å². The van der Waals surface area contributed by atoms with Crippen LogP contribution in [0.15, 0.2) is 41.3 Å². The molecule has 3 rings (SSSR count). The van der Waals surface area contributed by atoms with Crippen LogP contribution in [0.1, 0.15) is 18.1 Å². The molecular formula is C16H17N3O3S. The first-order chi connectivity index (χ1) is 10.9. The molecule has 7 heteroatoms. The van der Waals surface area contributed by atoms with Crippen LogP contribution in [-0.2, 0) is 10.0 Å². The highest BCUT2D eigenvalue weighted by Gasteiger charge is 2.24. The Kier molecular flexibility index (Phi) is 3.81. The van der Waals surface area contributed by atoms with Gasteiger partial charge in [0.05, 0.1) is 11.5 Å². The smallest absolute Gasteiger partial charge is 0.285 e. The number of rotatable bonds is 4. The minimum Gasteiger partial charge on any atom is -0.494 e. The molecule has 0 spiro atoms. The average Bonchev–Trinajstić information content (AvgIpc) is 2.95. The van der Waals surface area contributed by atoms with E-state index in [1.165, 1.54) is 0 Å². The predicted molar refractivity (Wildman–Crippen MR) is 87.2 cm³/mol. The van der Waals surface area contributed by atoms with Crippen LogP contribution in [0.5, 0.6) is 5.75 Å². The first kappa shape index (κ1) is 15.5. The molecule has 0 fully saturated rings. The van der Waals surface area contributed by atoms with Gasteiger partial charge in [-0.15, -0.1) is 9.19 Å². The second-order valence-corrected chi connectivity index (χ2v) is 6.98. The van der Waals surface area contributed by atoms with Gasteiger partial charge in [-0.05, 0) is 56.2 Å². The zero-order valence-electron chi connectivity index (χ0n) is 13.1. The molecule has 3 aromatic rings. The minimum atomic E-state index is -3.82. The van der Waals surface area contributed by atoms with Crippen molar-refractivity contribution >= 4 is 21.1 Å². The third-order valence-electron chi connectivity index (χ3n) is 3.60. The van der Waals surface area contributed by atoms with Crippen molar-refractivity contribution < 1.29 is 13.2 Å². The summed E-state index contributed by atoms with van der Waals surface area (Å²) in [6.07, 6.45) is 0. The molecule has 2 aromatic carbocycles. The summed E-state index contributed by atoms with van der Waals surface area (Å²) in [5.74, 6) is 0.687. The van der Waals surface area contributed by atoms with E-state index in [9.17, 15) is 8.42 Å². The number of hydrogen-bond donors (Lipinski definition) is 0. The molecular weight excluding hydrogens is 314 g/mol. The zero-order valence-corrected chi connectivity index (χ0v) is 14.0. The topological polar surface area (TPSA) is 74.1 Å². The van der Waals surface area contributed by atoms with Crippen LogP contribution in [0, 0.1) is 13.8 Å². The van der Waals surface area contributed by atoms with Crippen LogP contribution >= 0.6 is 0 Å². The maximum Gasteiger partial charge on any atom is 0.285 e. The molecule has 0 saturated carbocycles. The molecule has 0 bridgehead atoms. The van der Waals surface area contributed by atoms with E-state index in [0.717, 1.165) is 9.65 Å². The fourth-order valence-electron chi connectivity index (χ4n) is 2.47. The molecule has 6 nitrogen and oxygen atoms in total. The Morgan fingerprint density at radius 2 is 1.87 bits per heavy atom. The monoisotopic (exact) mass is 331 g/mol. The van der Waals surface area contributed by atoms with E-state index in [2.05, 4.69) is 10.3 Å². The van der Waals surface area contributed by atoms with Crippen LogP contribution < -0.4 is 4.74 Å². The minimum absolute atomic E-state index is 0.203. The lowest BCUT2D eigenvalue weighted by Gasteiger charge is -2.13. The van der Waals surface area contributed by atoms with Gasteiger partial charge in [-0.25, -0.2) is 0 Å². The molecule has 120 valence electrons. The summed E-state index contributed by atoms with van der Waals surface area (Å²) in [5, 5.41) is 7.74. The molecule has 0 atom stereocenters. The lowest BCUT2D eigenvalue weighted by atomic mass is 10.1. The Labute approximate surface area is 134 Å². The molecule has 1 heterocycles. The van der Waals surface area contributed by atoms with Crippen molar-refractivity contribution in [2.75, 3.05) is 6.61 Å². The quantitative estimate of drug-likeness (QED) is 0.735. The van der Waals surface area contributed by atoms with E-state index in [4.69, 9.17) is 4.74 Å². The summed E-state index contributed by atoms with van der Waals surface area (Å²) in [6.45, 7) is 5.98. The first-order valence-corrected chi connectivity index (χ1v) is 8.69. The number of aryl methyl sites for hydroxylation is 2. The largest absolute Gasteiger partial charge is 0.494 e. The van der Waals surface area contributed by atoms with Crippen molar-refractivity contribution in [3.63, 3.8) is 0 Å². The molecule has 0 saturated heterocycles. The molecule has 0 aliphatic carbocycles. The Morgan fingerprint density at radius 1 is 1.13 bits per heavy atom. The Balaban J connectivity index is 2.19. The summed E-state index contributed by atoms with van der Waals surface area (Å²) in [5.41, 5.74) is 2.37. The van der Waals surface area contributed by atoms with Crippen molar-refractivity contribution in [1.29, 1.82) is 0 Å². The zero-order chi connectivity index (χ0) is 16.6. The van der Waals surface area contributed by atoms with E-state index >= 15 is 0 Å². The lowest BCUT2D eigenvalue weighted by molar-refractivity contribution is 0.337. The molecule has 0 unspecified atom stereocenters. The summed E-state index contributed by atoms with van der Waals surface area (Å²) in [4.78, 5) is 0.203. The third-order valence-corrected chi connectivity index (χ3v) is 5.32. The molecule has 0 amide bonds. The van der Waals surface area contributed by atoms with E-state index in [0.29, 0.717) is 29.0 Å². The summed E-state index contributed by atoms with van der Waals surface area (Å²) in [7, 11) is -3.82. The van der Waals surface area contributed by atoms with Gasteiger partial charge in [0.1, 0.15) is 16.8 Å². The van der Waals surface area contributed by atoms with Crippen molar-refractivity contribution in [2.45, 2.75) is 25.7 Å². The second-order valence-electron chi connectivity index (χ2n) is 5.24. The maximum absolute atomic E-state index is 13.0. The number of fused-ring (bicyclic) bond motifs is 1. The van der Waals surface area contributed by atoms with E-state index in [-0.39, 0.29) is 4.90 Å². The van der Waals surface area contributed by atoms with Gasteiger partial charge in [0.25, 0.3) is 10.0 Å². The molecule has 0 aliphatic rings. The molecule has 0 radical (unpaired) electrons. The number of hydrogen-bond acceptors (Lipinski definition) is 5. The van der Waals surface area contributed by atoms with Crippen LogP contribution in [-0.4, -0.2) is 29.4 Å². The van der Waals surface area contributed by atoms with Crippen LogP contribution in [0.2, 0.25) is 0 Å². The highest BCUT2D eigenvalue weighted by Crippen LogP contribution is 2.28. The van der Waals surface area contributed by atoms with Crippen LogP contribution in [0.4, 0.5) is 0 Å². The van der Waals surface area contributed by atoms with Crippen LogP contribution in [0.25, 0.3) is 11.0 Å². The summed E-state index contributed by atoms with van der Waals surface area (Å²) < 4.78 is 32.4. The fourth-order valence-corrected chi connectivity index (χ4v) is 3.99. The third kappa shape index (κ3) is 2.57. The lowest BCUT2D eigenvalue weighted by Crippen LogP contribution is -2.16. The summed E-state index contributed by atoms with van der Waals surface area (Å²) in [6, 6.07) is 10.3. The average molecular weight is 331 g/mol. The standard InChI is InChI=1S/C16H17N3O3S/c1-4-22-15-9-12(3)16(10-11(15)2)23(20,21)19-14-8-6-5-7-13(14)17-18-19/h5-10H,4H2,1-3H3. The SMILES string of the molecule is CCOc1cc(C)c(S(=O)(=O)n2nnc3ccccc32)cc1C. The molecule has 0 N–H and O–H groups in total. The number of para-hydroxylation sites is 1. The molecule has 0 aliphatic heterocycles. The van der Waals surface area contributed by atoms with Gasteiger partial charge in [-0.2, -0.15) is 8.42 Å². The second kappa shape index (κ2) is 5.66. The Hall–Kier alpha value is -2.41. The Morgan fingerprint density at radius 3 is 2.61 bits per heavy atom. The van der Waals surface area contributed by atoms with Crippen molar-refractivity contribution in [3.05, 3.63) is 47.5 Å². The van der Waals surface area contributed by atoms with Crippen molar-refractivity contribution in [3.8, 4) is 5.75 Å². The number of benzene rings is 2. The van der Waals surface area contributed by atoms with Gasteiger partial charge in [-0.1, -0.05) is 17.3 Å². The predicted octanol–water partition coefficient (Wildman–Crippen LogP) is 2.68. The normalized spacial score (nSPS) is 11.8. The fraction of sp³-hybridized carbons (Fsp3) is 0.250. The molecule has 23 heavy (non-hydrogen) atoms. The molecule has 1 aromatic heterocycles. The van der Waals surface area contributed by atoms with Crippen molar-refractivity contribution in [1.82, 2.24) is 14.4 Å². The Bertz CT molecular complexity index is 977. The van der Waals surface area contributed by atoms with Gasteiger partial charge in [-0.3, -0.25) is 0 Å². The van der Waals surface area contributed by atoms with E-state index < -0.39 is 10.0 Å². The van der Waals surface area contributed by atoms with Gasteiger partial charge in [0.15, 0.2) is 0 Å². The van der Waals surface area contributed by atoms with E-state index in [1.807, 2.05) is 13.8 Å². The summed E-state index contributed by atoms with van der Waals surface area (Å²) >= 11 is 0. The number of ether oxygens (including phenoxy) is 1. The highest BCUT2D eigenvalue weighted by molar-refractivity contribution is 7.90. The number of nitrogens with zero attached hydrogens (tertiary/aromatic N) is 3. The van der Waals surface area contributed by atoms with Gasteiger partial charge < -0.3 is 4.74 Å². The van der Waals surface area contributed by atoms with Crippen LogP contribution in [0.3, 0.4) is 0 Å². The highest BCUT2D eigenvalue weighted by atomic mass is 32.2. The van der Waals surface area contributed by atoms with Gasteiger partial charge in [0, 0.05) is 0 Å². The van der Waals surface area contributed by atoms with E-state index in [1.54, 1.807) is 43.3 Å². The first-order valence-electron chi connectivity index (χ1n) is 7.25. The van der Waals surface area contributed by atoms with Gasteiger partial charge in [0.2, 0.25) is 0 Å². The van der Waals surface area contributed by atoms with Gasteiger partial charge >= 0.3 is 0 Å².